The van der Waals surface area contributed by atoms with Crippen LogP contribution in [0.25, 0.3) is 0 Å². The molecule has 0 heterocycles. The Labute approximate surface area is 128 Å². The first kappa shape index (κ1) is 16.1. The topological polar surface area (TPSA) is 37.3 Å². The number of carboxylic acids is 1. The van der Waals surface area contributed by atoms with E-state index in [0.717, 1.165) is 23.8 Å². The van der Waals surface area contributed by atoms with Crippen LogP contribution < -0.4 is 0 Å². The molecule has 0 aromatic heterocycles. The van der Waals surface area contributed by atoms with Crippen LogP contribution in [0.4, 0.5) is 0 Å². The molecule has 0 spiro atoms. The molecule has 1 aromatic carbocycles. The molecular weight excluding hydrogens is 260 g/mol. The molecule has 1 aliphatic carbocycles. The molecule has 1 aromatic rings. The van der Waals surface area contributed by atoms with Gasteiger partial charge in [0.15, 0.2) is 0 Å². The Kier molecular flexibility index (Phi) is 6.28. The quantitative estimate of drug-likeness (QED) is 0.778. The third-order valence-electron chi connectivity index (χ3n) is 4.88. The van der Waals surface area contributed by atoms with Gasteiger partial charge in [-0.15, -0.1) is 0 Å². The van der Waals surface area contributed by atoms with Crippen molar-refractivity contribution in [3.63, 3.8) is 0 Å². The van der Waals surface area contributed by atoms with Crippen LogP contribution >= 0.6 is 0 Å². The maximum atomic E-state index is 10.7. The molecule has 0 aliphatic heterocycles. The zero-order valence-corrected chi connectivity index (χ0v) is 13.2. The molecule has 0 atom stereocenters. The maximum Gasteiger partial charge on any atom is 0.307 e. The van der Waals surface area contributed by atoms with Crippen LogP contribution in [0, 0.1) is 11.8 Å². The van der Waals surface area contributed by atoms with Crippen molar-refractivity contribution in [2.45, 2.75) is 64.7 Å². The summed E-state index contributed by atoms with van der Waals surface area (Å²) in [7, 11) is 0. The van der Waals surface area contributed by atoms with Gasteiger partial charge in [-0.2, -0.15) is 0 Å². The van der Waals surface area contributed by atoms with Gasteiger partial charge in [-0.1, -0.05) is 69.7 Å². The van der Waals surface area contributed by atoms with Gasteiger partial charge in [0.1, 0.15) is 0 Å². The first-order chi connectivity index (χ1) is 10.2. The van der Waals surface area contributed by atoms with Crippen LogP contribution in [0.15, 0.2) is 24.3 Å². The molecule has 0 amide bonds. The van der Waals surface area contributed by atoms with Gasteiger partial charge in [-0.3, -0.25) is 4.79 Å². The van der Waals surface area contributed by atoms with Crippen molar-refractivity contribution in [3.05, 3.63) is 35.4 Å². The van der Waals surface area contributed by atoms with E-state index in [2.05, 4.69) is 19.1 Å². The fraction of sp³-hybridized carbons (Fsp3) is 0.632. The second-order valence-corrected chi connectivity index (χ2v) is 6.60. The normalized spacial score (nSPS) is 22.1. The van der Waals surface area contributed by atoms with Gasteiger partial charge in [0.25, 0.3) is 0 Å². The minimum absolute atomic E-state index is 0.127. The van der Waals surface area contributed by atoms with Crippen LogP contribution in [0.5, 0.6) is 0 Å². The van der Waals surface area contributed by atoms with E-state index in [9.17, 15) is 4.79 Å². The zero-order chi connectivity index (χ0) is 15.1. The molecule has 1 N–H and O–H groups in total. The Morgan fingerprint density at radius 2 is 1.52 bits per heavy atom. The highest BCUT2D eigenvalue weighted by Crippen LogP contribution is 2.33. The van der Waals surface area contributed by atoms with E-state index in [1.807, 2.05) is 12.1 Å². The molecule has 0 radical (unpaired) electrons. The van der Waals surface area contributed by atoms with Crippen LogP contribution in [-0.2, 0) is 17.6 Å². The smallest absolute Gasteiger partial charge is 0.307 e. The summed E-state index contributed by atoms with van der Waals surface area (Å²) in [5.41, 5.74) is 2.24. The monoisotopic (exact) mass is 288 g/mol. The van der Waals surface area contributed by atoms with E-state index in [1.165, 1.54) is 50.5 Å². The minimum Gasteiger partial charge on any atom is -0.481 e. The molecule has 21 heavy (non-hydrogen) atoms. The number of aryl methyl sites for hydroxylation is 1. The summed E-state index contributed by atoms with van der Waals surface area (Å²) in [6.07, 6.45) is 11.0. The summed E-state index contributed by atoms with van der Waals surface area (Å²) < 4.78 is 0. The van der Waals surface area contributed by atoms with Crippen LogP contribution in [-0.4, -0.2) is 11.1 Å². The van der Waals surface area contributed by atoms with Crippen LogP contribution in [0.3, 0.4) is 0 Å². The molecule has 0 bridgehead atoms. The lowest BCUT2D eigenvalue weighted by Crippen LogP contribution is -2.15. The third kappa shape index (κ3) is 5.53. The van der Waals surface area contributed by atoms with Crippen molar-refractivity contribution in [3.8, 4) is 0 Å². The molecular formula is C19H28O2. The van der Waals surface area contributed by atoms with Gasteiger partial charge >= 0.3 is 5.97 Å². The number of hydrogen-bond donors (Lipinski definition) is 1. The number of carboxylic acid groups (broad SMARTS) is 1. The predicted molar refractivity (Wildman–Crippen MR) is 86.5 cm³/mol. The van der Waals surface area contributed by atoms with Crippen molar-refractivity contribution in [1.82, 2.24) is 0 Å². The lowest BCUT2D eigenvalue weighted by atomic mass is 9.78. The number of carbonyl (C=O) groups is 1. The highest BCUT2D eigenvalue weighted by atomic mass is 16.4. The molecule has 116 valence electrons. The van der Waals surface area contributed by atoms with Crippen molar-refractivity contribution in [2.75, 3.05) is 0 Å². The Hall–Kier alpha value is -1.31. The summed E-state index contributed by atoms with van der Waals surface area (Å²) in [6, 6.07) is 8.12. The molecule has 1 saturated carbocycles. The predicted octanol–water partition coefficient (Wildman–Crippen LogP) is 4.85. The Bertz CT molecular complexity index is 427. The Balaban J connectivity index is 1.72. The van der Waals surface area contributed by atoms with Crippen molar-refractivity contribution in [1.29, 1.82) is 0 Å². The average molecular weight is 288 g/mol. The number of benzene rings is 1. The standard InChI is InChI=1S/C19H28O2/c1-2-3-15-4-6-16(7-5-15)8-9-17-10-12-18(13-11-17)14-19(20)21/h10-13,15-16H,2-9,14H2,1H3,(H,20,21). The van der Waals surface area contributed by atoms with Gasteiger partial charge in [-0.05, 0) is 35.8 Å². The van der Waals surface area contributed by atoms with E-state index >= 15 is 0 Å². The first-order valence-electron chi connectivity index (χ1n) is 8.47. The molecule has 2 nitrogen and oxygen atoms in total. The van der Waals surface area contributed by atoms with Crippen molar-refractivity contribution in [2.24, 2.45) is 11.8 Å². The van der Waals surface area contributed by atoms with Crippen molar-refractivity contribution >= 4 is 5.97 Å². The van der Waals surface area contributed by atoms with Crippen LogP contribution in [0.2, 0.25) is 0 Å². The van der Waals surface area contributed by atoms with Crippen molar-refractivity contribution < 1.29 is 9.90 Å². The lowest BCUT2D eigenvalue weighted by molar-refractivity contribution is -0.136. The van der Waals surface area contributed by atoms with E-state index in [0.29, 0.717) is 0 Å². The Morgan fingerprint density at radius 1 is 1.00 bits per heavy atom. The van der Waals surface area contributed by atoms with Gasteiger partial charge in [-0.25, -0.2) is 0 Å². The second kappa shape index (κ2) is 8.21. The summed E-state index contributed by atoms with van der Waals surface area (Å²) in [6.45, 7) is 2.29. The largest absolute Gasteiger partial charge is 0.481 e. The molecule has 2 rings (SSSR count). The van der Waals surface area contributed by atoms with E-state index < -0.39 is 5.97 Å². The molecule has 1 fully saturated rings. The van der Waals surface area contributed by atoms with Crippen LogP contribution in [0.1, 0.15) is 63.0 Å². The second-order valence-electron chi connectivity index (χ2n) is 6.60. The summed E-state index contributed by atoms with van der Waals surface area (Å²) in [4.78, 5) is 10.7. The number of aliphatic carboxylic acids is 1. The van der Waals surface area contributed by atoms with E-state index in [1.54, 1.807) is 0 Å². The first-order valence-corrected chi connectivity index (χ1v) is 8.47. The van der Waals surface area contributed by atoms with Gasteiger partial charge in [0.2, 0.25) is 0 Å². The fourth-order valence-electron chi connectivity index (χ4n) is 3.59. The summed E-state index contributed by atoms with van der Waals surface area (Å²) in [5, 5.41) is 8.77. The number of rotatable bonds is 7. The fourth-order valence-corrected chi connectivity index (χ4v) is 3.59. The molecule has 0 saturated heterocycles. The minimum atomic E-state index is -0.758. The highest BCUT2D eigenvalue weighted by Gasteiger charge is 2.20. The van der Waals surface area contributed by atoms with Gasteiger partial charge in [0, 0.05) is 0 Å². The molecule has 2 heteroatoms. The highest BCUT2D eigenvalue weighted by molar-refractivity contribution is 5.70. The zero-order valence-electron chi connectivity index (χ0n) is 13.2. The number of hydrogen-bond acceptors (Lipinski definition) is 1. The SMILES string of the molecule is CCCC1CCC(CCc2ccc(CC(=O)O)cc2)CC1. The summed E-state index contributed by atoms with van der Waals surface area (Å²) >= 11 is 0. The van der Waals surface area contributed by atoms with Gasteiger partial charge < -0.3 is 5.11 Å². The van der Waals surface area contributed by atoms with E-state index in [4.69, 9.17) is 5.11 Å². The lowest BCUT2D eigenvalue weighted by Gasteiger charge is -2.28. The average Bonchev–Trinajstić information content (AvgIpc) is 2.48. The molecule has 1 aliphatic rings. The van der Waals surface area contributed by atoms with Gasteiger partial charge in [0.05, 0.1) is 6.42 Å². The third-order valence-corrected chi connectivity index (χ3v) is 4.88. The summed E-state index contributed by atoms with van der Waals surface area (Å²) in [5.74, 6) is 1.13. The van der Waals surface area contributed by atoms with E-state index in [-0.39, 0.29) is 6.42 Å². The maximum absolute atomic E-state index is 10.7. The molecule has 0 unspecified atom stereocenters. The Morgan fingerprint density at radius 3 is 2.05 bits per heavy atom.